The molecule has 0 saturated heterocycles. The summed E-state index contributed by atoms with van der Waals surface area (Å²) in [6.07, 6.45) is 1.83. The summed E-state index contributed by atoms with van der Waals surface area (Å²) in [6.45, 7) is 1.80. The Morgan fingerprint density at radius 2 is 1.67 bits per heavy atom. The van der Waals surface area contributed by atoms with Crippen molar-refractivity contribution in [2.45, 2.75) is 19.6 Å². The molecule has 0 saturated carbocycles. The van der Waals surface area contributed by atoms with Crippen molar-refractivity contribution < 1.29 is 14.3 Å². The van der Waals surface area contributed by atoms with Crippen molar-refractivity contribution in [2.24, 2.45) is 0 Å². The maximum Gasteiger partial charge on any atom is 0.338 e. The minimum Gasteiger partial charge on any atom is -0.457 e. The zero-order chi connectivity index (χ0) is 25.1. The molecule has 1 aromatic heterocycles. The Morgan fingerprint density at radius 1 is 1.00 bits per heavy atom. The van der Waals surface area contributed by atoms with Crippen molar-refractivity contribution in [3.63, 3.8) is 0 Å². The maximum atomic E-state index is 13.3. The molecule has 5 rings (SSSR count). The Labute approximate surface area is 213 Å². The number of para-hydroxylation sites is 1. The number of nitrogens with zero attached hydrogens (tertiary/aromatic N) is 2. The van der Waals surface area contributed by atoms with Crippen LogP contribution in [-0.2, 0) is 16.1 Å². The fraction of sp³-hybridized carbons (Fsp3) is 0.107. The predicted molar refractivity (Wildman–Crippen MR) is 137 cm³/mol. The lowest BCUT2D eigenvalue weighted by molar-refractivity contribution is -0.140. The summed E-state index contributed by atoms with van der Waals surface area (Å²) in [5.74, 6) is -0.525. The number of halogens is 1. The lowest BCUT2D eigenvalue weighted by atomic mass is 9.94. The summed E-state index contributed by atoms with van der Waals surface area (Å²) < 4.78 is 7.38. The second kappa shape index (κ2) is 10.1. The highest BCUT2D eigenvalue weighted by atomic mass is 35.5. The van der Waals surface area contributed by atoms with Crippen LogP contribution in [-0.4, -0.2) is 21.8 Å². The number of esters is 1. The highest BCUT2D eigenvalue weighted by molar-refractivity contribution is 6.30. The second-order valence-corrected chi connectivity index (χ2v) is 8.79. The van der Waals surface area contributed by atoms with Crippen molar-refractivity contribution in [3.8, 4) is 16.9 Å². The molecular weight excluding hydrogens is 476 g/mol. The van der Waals surface area contributed by atoms with E-state index < -0.39 is 18.0 Å². The third kappa shape index (κ3) is 4.87. The van der Waals surface area contributed by atoms with Gasteiger partial charge in [0.25, 0.3) is 0 Å². The molecule has 1 aliphatic heterocycles. The van der Waals surface area contributed by atoms with E-state index in [1.807, 2.05) is 79.0 Å². The van der Waals surface area contributed by atoms with Gasteiger partial charge in [-0.2, -0.15) is 5.10 Å². The third-order valence-electron chi connectivity index (χ3n) is 5.89. The van der Waals surface area contributed by atoms with Gasteiger partial charge in [0.15, 0.2) is 0 Å². The quantitative estimate of drug-likeness (QED) is 0.341. The van der Waals surface area contributed by atoms with Gasteiger partial charge in [-0.3, -0.25) is 0 Å². The van der Waals surface area contributed by atoms with Crippen LogP contribution in [0.25, 0.3) is 16.9 Å². The van der Waals surface area contributed by atoms with E-state index in [-0.39, 0.29) is 6.61 Å². The molecule has 3 aromatic carbocycles. The molecule has 0 radical (unpaired) electrons. The number of amides is 2. The van der Waals surface area contributed by atoms with Gasteiger partial charge in [0.2, 0.25) is 0 Å². The van der Waals surface area contributed by atoms with Gasteiger partial charge in [0.1, 0.15) is 6.61 Å². The molecule has 2 heterocycles. The van der Waals surface area contributed by atoms with Crippen LogP contribution in [0.1, 0.15) is 24.1 Å². The molecule has 0 unspecified atom stereocenters. The van der Waals surface area contributed by atoms with Crippen molar-refractivity contribution in [2.75, 3.05) is 0 Å². The average Bonchev–Trinajstić information content (AvgIpc) is 3.34. The molecule has 8 heteroatoms. The monoisotopic (exact) mass is 498 g/mol. The Bertz CT molecular complexity index is 1430. The normalized spacial score (nSPS) is 15.3. The van der Waals surface area contributed by atoms with Gasteiger partial charge >= 0.3 is 12.0 Å². The van der Waals surface area contributed by atoms with E-state index >= 15 is 0 Å². The Kier molecular flexibility index (Phi) is 6.56. The van der Waals surface area contributed by atoms with E-state index in [4.69, 9.17) is 21.4 Å². The first-order chi connectivity index (χ1) is 17.5. The highest BCUT2D eigenvalue weighted by Crippen LogP contribution is 2.35. The van der Waals surface area contributed by atoms with Gasteiger partial charge in [0.05, 0.1) is 23.0 Å². The van der Waals surface area contributed by atoms with Gasteiger partial charge in [0, 0.05) is 28.0 Å². The fourth-order valence-electron chi connectivity index (χ4n) is 4.14. The number of ether oxygens (including phenoxy) is 1. The number of aromatic nitrogens is 2. The largest absolute Gasteiger partial charge is 0.457 e. The fourth-order valence-corrected chi connectivity index (χ4v) is 4.27. The Hall–Kier alpha value is -4.36. The van der Waals surface area contributed by atoms with Gasteiger partial charge in [-0.15, -0.1) is 0 Å². The number of rotatable bonds is 6. The van der Waals surface area contributed by atoms with E-state index in [1.54, 1.807) is 23.7 Å². The van der Waals surface area contributed by atoms with Crippen LogP contribution in [0.15, 0.2) is 102 Å². The Balaban J connectivity index is 1.57. The van der Waals surface area contributed by atoms with E-state index in [9.17, 15) is 9.59 Å². The standard InChI is InChI=1S/C28H23ClN4O3/c1-18-24(27(34)36-17-19-8-4-2-5-9-19)26(31-28(35)30-18)23-16-33(22-10-6-3-7-11-22)32-25(23)20-12-14-21(29)15-13-20/h2-16,26H,17H2,1H3,(H2,30,31,35)/t26-/m0/s1. The molecule has 2 N–H and O–H groups in total. The van der Waals surface area contributed by atoms with Crippen LogP contribution in [0.3, 0.4) is 0 Å². The third-order valence-corrected chi connectivity index (χ3v) is 6.15. The zero-order valence-corrected chi connectivity index (χ0v) is 20.2. The van der Waals surface area contributed by atoms with Gasteiger partial charge in [-0.25, -0.2) is 14.3 Å². The minimum atomic E-state index is -0.773. The number of urea groups is 1. The number of hydrogen-bond donors (Lipinski definition) is 2. The smallest absolute Gasteiger partial charge is 0.338 e. The van der Waals surface area contributed by atoms with Crippen molar-refractivity contribution in [1.82, 2.24) is 20.4 Å². The van der Waals surface area contributed by atoms with Gasteiger partial charge in [-0.1, -0.05) is 72.3 Å². The summed E-state index contributed by atoms with van der Waals surface area (Å²) in [7, 11) is 0. The summed E-state index contributed by atoms with van der Waals surface area (Å²) in [4.78, 5) is 25.8. The first kappa shape index (κ1) is 23.4. The topological polar surface area (TPSA) is 85.2 Å². The molecule has 2 amide bonds. The molecule has 1 aliphatic rings. The van der Waals surface area contributed by atoms with Crippen LogP contribution in [0.2, 0.25) is 5.02 Å². The number of carbonyl (C=O) groups excluding carboxylic acids is 2. The summed E-state index contributed by atoms with van der Waals surface area (Å²) in [5.41, 5.74) is 4.52. The molecule has 180 valence electrons. The molecular formula is C28H23ClN4O3. The van der Waals surface area contributed by atoms with Crippen LogP contribution < -0.4 is 10.6 Å². The molecule has 36 heavy (non-hydrogen) atoms. The van der Waals surface area contributed by atoms with Gasteiger partial charge < -0.3 is 15.4 Å². The minimum absolute atomic E-state index is 0.116. The molecule has 4 aromatic rings. The van der Waals surface area contributed by atoms with Crippen molar-refractivity contribution in [1.29, 1.82) is 0 Å². The summed E-state index contributed by atoms with van der Waals surface area (Å²) in [6, 6.07) is 25.1. The molecule has 0 fully saturated rings. The van der Waals surface area contributed by atoms with E-state index in [2.05, 4.69) is 10.6 Å². The zero-order valence-electron chi connectivity index (χ0n) is 19.4. The number of hydrogen-bond acceptors (Lipinski definition) is 4. The molecule has 0 spiro atoms. The first-order valence-corrected chi connectivity index (χ1v) is 11.8. The van der Waals surface area contributed by atoms with Crippen LogP contribution in [0.4, 0.5) is 4.79 Å². The number of allylic oxidation sites excluding steroid dienone is 1. The molecule has 0 bridgehead atoms. The summed E-state index contributed by atoms with van der Waals surface area (Å²) >= 11 is 6.12. The van der Waals surface area contributed by atoms with Crippen LogP contribution in [0.5, 0.6) is 0 Å². The lowest BCUT2D eigenvalue weighted by Gasteiger charge is -2.28. The van der Waals surface area contributed by atoms with Crippen molar-refractivity contribution >= 4 is 23.6 Å². The number of nitrogens with one attached hydrogen (secondary N) is 2. The SMILES string of the molecule is CC1=C(C(=O)OCc2ccccc2)[C@H](c2cn(-c3ccccc3)nc2-c2ccc(Cl)cc2)NC(=O)N1. The lowest BCUT2D eigenvalue weighted by Crippen LogP contribution is -2.45. The molecule has 7 nitrogen and oxygen atoms in total. The van der Waals surface area contributed by atoms with E-state index in [0.717, 1.165) is 16.8 Å². The molecule has 1 atom stereocenters. The maximum absolute atomic E-state index is 13.3. The number of carbonyl (C=O) groups is 2. The van der Waals surface area contributed by atoms with Crippen molar-refractivity contribution in [3.05, 3.63) is 119 Å². The van der Waals surface area contributed by atoms with Crippen LogP contribution in [0, 0.1) is 0 Å². The first-order valence-electron chi connectivity index (χ1n) is 11.4. The molecule has 0 aliphatic carbocycles. The predicted octanol–water partition coefficient (Wildman–Crippen LogP) is 5.56. The van der Waals surface area contributed by atoms with E-state index in [1.165, 1.54) is 0 Å². The summed E-state index contributed by atoms with van der Waals surface area (Å²) in [5, 5.41) is 11.0. The second-order valence-electron chi connectivity index (χ2n) is 8.35. The van der Waals surface area contributed by atoms with Crippen LogP contribution >= 0.6 is 11.6 Å². The highest BCUT2D eigenvalue weighted by Gasteiger charge is 2.35. The van der Waals surface area contributed by atoms with E-state index in [0.29, 0.717) is 27.6 Å². The average molecular weight is 499 g/mol. The number of benzene rings is 3. The Morgan fingerprint density at radius 3 is 2.36 bits per heavy atom. The van der Waals surface area contributed by atoms with Gasteiger partial charge in [-0.05, 0) is 36.8 Å².